The maximum Gasteiger partial charge on any atom is 0.321 e. The molecule has 0 radical (unpaired) electrons. The van der Waals surface area contributed by atoms with Gasteiger partial charge in [-0.05, 0) is 44.2 Å². The highest BCUT2D eigenvalue weighted by Crippen LogP contribution is 2.44. The molecule has 0 unspecified atom stereocenters. The van der Waals surface area contributed by atoms with E-state index in [0.29, 0.717) is 11.3 Å². The number of nitrogens with zero attached hydrogens (tertiary/aromatic N) is 1. The van der Waals surface area contributed by atoms with Gasteiger partial charge >= 0.3 is 5.97 Å². The average Bonchev–Trinajstić information content (AvgIpc) is 3.08. The molecule has 2 aromatic rings. The highest BCUT2D eigenvalue weighted by atomic mass is 32.2. The summed E-state index contributed by atoms with van der Waals surface area (Å²) in [4.78, 5) is 13.6. The normalized spacial score (nSPS) is 24.3. The SMILES string of the molecule is CC1(C)Oc2ccc(S(=O)(=O)c3ccccc3)cc2[C@@H](N2COC(=O)C2)[C@@H]1O. The number of rotatable bonds is 3. The zero-order valence-electron chi connectivity index (χ0n) is 15.5. The number of cyclic esters (lactones) is 1. The molecule has 28 heavy (non-hydrogen) atoms. The van der Waals surface area contributed by atoms with Crippen molar-refractivity contribution in [3.63, 3.8) is 0 Å². The Labute approximate surface area is 163 Å². The van der Waals surface area contributed by atoms with Gasteiger partial charge in [0.15, 0.2) is 0 Å². The van der Waals surface area contributed by atoms with Gasteiger partial charge in [-0.2, -0.15) is 0 Å². The Bertz CT molecular complexity index is 1020. The summed E-state index contributed by atoms with van der Waals surface area (Å²) in [6.07, 6.45) is -0.982. The van der Waals surface area contributed by atoms with Crippen molar-refractivity contribution in [3.05, 3.63) is 54.1 Å². The van der Waals surface area contributed by atoms with Gasteiger partial charge in [-0.3, -0.25) is 4.79 Å². The Morgan fingerprint density at radius 3 is 2.46 bits per heavy atom. The van der Waals surface area contributed by atoms with Gasteiger partial charge in [0.2, 0.25) is 9.84 Å². The van der Waals surface area contributed by atoms with Gasteiger partial charge in [0.05, 0.1) is 15.8 Å². The summed E-state index contributed by atoms with van der Waals surface area (Å²) in [5.41, 5.74) is -0.398. The number of esters is 1. The molecule has 0 aliphatic carbocycles. The van der Waals surface area contributed by atoms with Crippen molar-refractivity contribution in [2.75, 3.05) is 13.3 Å². The van der Waals surface area contributed by atoms with Gasteiger partial charge < -0.3 is 14.6 Å². The van der Waals surface area contributed by atoms with Crippen LogP contribution in [0.2, 0.25) is 0 Å². The zero-order valence-corrected chi connectivity index (χ0v) is 16.3. The number of fused-ring (bicyclic) bond motifs is 1. The summed E-state index contributed by atoms with van der Waals surface area (Å²) in [7, 11) is -3.73. The van der Waals surface area contributed by atoms with Crippen molar-refractivity contribution in [1.82, 2.24) is 4.90 Å². The van der Waals surface area contributed by atoms with Crippen LogP contribution in [0.5, 0.6) is 5.75 Å². The van der Waals surface area contributed by atoms with Gasteiger partial charge in [-0.1, -0.05) is 18.2 Å². The van der Waals surface area contributed by atoms with E-state index < -0.39 is 27.6 Å². The van der Waals surface area contributed by atoms with E-state index in [1.807, 2.05) is 0 Å². The second-order valence-corrected chi connectivity index (χ2v) is 9.45. The first-order chi connectivity index (χ1) is 13.2. The van der Waals surface area contributed by atoms with Crippen molar-refractivity contribution < 1.29 is 27.8 Å². The van der Waals surface area contributed by atoms with Crippen LogP contribution in [0, 0.1) is 0 Å². The minimum absolute atomic E-state index is 0.0207. The predicted octanol–water partition coefficient (Wildman–Crippen LogP) is 1.91. The van der Waals surface area contributed by atoms with E-state index in [4.69, 9.17) is 9.47 Å². The largest absolute Gasteiger partial charge is 0.485 e. The lowest BCUT2D eigenvalue weighted by Crippen LogP contribution is -2.53. The monoisotopic (exact) mass is 403 g/mol. The number of carbonyl (C=O) groups excluding carboxylic acids is 1. The average molecular weight is 403 g/mol. The predicted molar refractivity (Wildman–Crippen MR) is 99.5 cm³/mol. The quantitative estimate of drug-likeness (QED) is 0.783. The summed E-state index contributed by atoms with van der Waals surface area (Å²) in [5.74, 6) is 0.0952. The van der Waals surface area contributed by atoms with E-state index in [1.165, 1.54) is 24.3 Å². The van der Waals surface area contributed by atoms with E-state index in [-0.39, 0.29) is 29.0 Å². The van der Waals surface area contributed by atoms with Crippen molar-refractivity contribution in [2.45, 2.75) is 41.4 Å². The molecule has 2 aromatic carbocycles. The third kappa shape index (κ3) is 3.07. The number of hydrogen-bond acceptors (Lipinski definition) is 7. The van der Waals surface area contributed by atoms with Crippen molar-refractivity contribution in [2.24, 2.45) is 0 Å². The Balaban J connectivity index is 1.82. The number of benzene rings is 2. The molecule has 0 aromatic heterocycles. The molecule has 4 rings (SSSR count). The number of hydrogen-bond donors (Lipinski definition) is 1. The van der Waals surface area contributed by atoms with Crippen molar-refractivity contribution in [1.29, 1.82) is 0 Å². The van der Waals surface area contributed by atoms with Gasteiger partial charge in [0, 0.05) is 5.56 Å². The van der Waals surface area contributed by atoms with Crippen LogP contribution in [-0.4, -0.2) is 49.4 Å². The number of carbonyl (C=O) groups is 1. The minimum Gasteiger partial charge on any atom is -0.485 e. The first-order valence-corrected chi connectivity index (χ1v) is 10.4. The van der Waals surface area contributed by atoms with Crippen LogP contribution in [0.4, 0.5) is 0 Å². The number of ether oxygens (including phenoxy) is 2. The molecule has 7 nitrogen and oxygen atoms in total. The topological polar surface area (TPSA) is 93.1 Å². The van der Waals surface area contributed by atoms with Gasteiger partial charge in [-0.15, -0.1) is 0 Å². The van der Waals surface area contributed by atoms with Crippen LogP contribution in [0.25, 0.3) is 0 Å². The molecule has 1 N–H and O–H groups in total. The second-order valence-electron chi connectivity index (χ2n) is 7.50. The van der Waals surface area contributed by atoms with Crippen LogP contribution >= 0.6 is 0 Å². The summed E-state index contributed by atoms with van der Waals surface area (Å²) in [5, 5.41) is 10.9. The standard InChI is InChI=1S/C20H21NO6S/c1-20(2)19(23)18(21-11-17(22)26-12-21)15-10-14(8-9-16(15)27-20)28(24,25)13-6-4-3-5-7-13/h3-10,18-19,23H,11-12H2,1-2H3/t18-,19+/m1/s1. The Hall–Kier alpha value is -2.42. The lowest BCUT2D eigenvalue weighted by Gasteiger charge is -2.44. The van der Waals surface area contributed by atoms with Crippen LogP contribution in [0.3, 0.4) is 0 Å². The maximum atomic E-state index is 13.0. The van der Waals surface area contributed by atoms with Crippen LogP contribution in [0.1, 0.15) is 25.5 Å². The zero-order chi connectivity index (χ0) is 20.1. The molecule has 148 valence electrons. The van der Waals surface area contributed by atoms with E-state index in [2.05, 4.69) is 0 Å². The molecule has 2 atom stereocenters. The van der Waals surface area contributed by atoms with E-state index in [0.717, 1.165) is 0 Å². The molecule has 0 amide bonds. The molecular weight excluding hydrogens is 382 g/mol. The molecule has 0 spiro atoms. The third-order valence-electron chi connectivity index (χ3n) is 5.17. The Morgan fingerprint density at radius 1 is 1.11 bits per heavy atom. The van der Waals surface area contributed by atoms with Crippen LogP contribution in [-0.2, 0) is 19.4 Å². The smallest absolute Gasteiger partial charge is 0.321 e. The molecule has 2 aliphatic heterocycles. The lowest BCUT2D eigenvalue weighted by molar-refractivity contribution is -0.137. The molecule has 1 saturated heterocycles. The van der Waals surface area contributed by atoms with Crippen LogP contribution in [0.15, 0.2) is 58.3 Å². The number of aliphatic hydroxyl groups is 1. The van der Waals surface area contributed by atoms with Gasteiger partial charge in [-0.25, -0.2) is 13.3 Å². The molecule has 0 saturated carbocycles. The fourth-order valence-corrected chi connectivity index (χ4v) is 4.95. The third-order valence-corrected chi connectivity index (χ3v) is 6.93. The van der Waals surface area contributed by atoms with Crippen molar-refractivity contribution >= 4 is 15.8 Å². The fraction of sp³-hybridized carbons (Fsp3) is 0.350. The first kappa shape index (κ1) is 18.9. The van der Waals surface area contributed by atoms with Crippen LogP contribution < -0.4 is 4.74 Å². The van der Waals surface area contributed by atoms with E-state index in [9.17, 15) is 18.3 Å². The fourth-order valence-electron chi connectivity index (χ4n) is 3.63. The lowest BCUT2D eigenvalue weighted by atomic mass is 9.86. The molecule has 8 heteroatoms. The van der Waals surface area contributed by atoms with Gasteiger partial charge in [0.25, 0.3) is 0 Å². The summed E-state index contributed by atoms with van der Waals surface area (Å²) in [6.45, 7) is 3.56. The van der Waals surface area contributed by atoms with E-state index >= 15 is 0 Å². The molecule has 2 aliphatic rings. The van der Waals surface area contributed by atoms with Gasteiger partial charge in [0.1, 0.15) is 30.7 Å². The molecule has 1 fully saturated rings. The summed E-state index contributed by atoms with van der Waals surface area (Å²) < 4.78 is 37.0. The summed E-state index contributed by atoms with van der Waals surface area (Å²) in [6, 6.07) is 12.1. The number of aliphatic hydroxyl groups excluding tert-OH is 1. The Morgan fingerprint density at radius 2 is 1.82 bits per heavy atom. The minimum atomic E-state index is -3.73. The number of sulfone groups is 1. The maximum absolute atomic E-state index is 13.0. The first-order valence-electron chi connectivity index (χ1n) is 8.91. The molecular formula is C20H21NO6S. The van der Waals surface area contributed by atoms with Crippen molar-refractivity contribution in [3.8, 4) is 5.75 Å². The summed E-state index contributed by atoms with van der Waals surface area (Å²) >= 11 is 0. The Kier molecular flexibility index (Phi) is 4.45. The van der Waals surface area contributed by atoms with E-state index in [1.54, 1.807) is 43.0 Å². The molecule has 2 heterocycles. The second kappa shape index (κ2) is 6.58. The highest BCUT2D eigenvalue weighted by molar-refractivity contribution is 7.91. The molecule has 0 bridgehead atoms. The highest BCUT2D eigenvalue weighted by Gasteiger charge is 2.47.